The third kappa shape index (κ3) is 3.25. The molecule has 0 aromatic rings. The van der Waals surface area contributed by atoms with Gasteiger partial charge in [0, 0.05) is 0 Å². The number of rotatable bonds is 7. The molecule has 0 saturated heterocycles. The quantitative estimate of drug-likeness (QED) is 0.517. The zero-order valence-electron chi connectivity index (χ0n) is 12.9. The first kappa shape index (κ1) is 16.0. The lowest BCUT2D eigenvalue weighted by molar-refractivity contribution is 0.0525. The monoisotopic (exact) mass is 226 g/mol. The third-order valence-electron chi connectivity index (χ3n) is 5.70. The lowest BCUT2D eigenvalue weighted by atomic mass is 9.61. The fraction of sp³-hybridized carbons (Fsp3) is 1.00. The van der Waals surface area contributed by atoms with Crippen LogP contribution in [0.5, 0.6) is 0 Å². The molecule has 3 unspecified atom stereocenters. The summed E-state index contributed by atoms with van der Waals surface area (Å²) >= 11 is 0. The fourth-order valence-electron chi connectivity index (χ4n) is 3.30. The van der Waals surface area contributed by atoms with Crippen LogP contribution in [0, 0.1) is 29.1 Å². The Labute approximate surface area is 104 Å². The number of hydrogen-bond donors (Lipinski definition) is 0. The van der Waals surface area contributed by atoms with Gasteiger partial charge in [0.05, 0.1) is 0 Å². The Morgan fingerprint density at radius 2 is 1.31 bits per heavy atom. The van der Waals surface area contributed by atoms with Crippen molar-refractivity contribution in [2.75, 3.05) is 0 Å². The molecule has 0 amide bonds. The minimum atomic E-state index is 0.502. The van der Waals surface area contributed by atoms with E-state index in [2.05, 4.69) is 55.4 Å². The van der Waals surface area contributed by atoms with Gasteiger partial charge in [-0.15, -0.1) is 0 Å². The molecule has 3 atom stereocenters. The van der Waals surface area contributed by atoms with Gasteiger partial charge in [0.2, 0.25) is 0 Å². The summed E-state index contributed by atoms with van der Waals surface area (Å²) < 4.78 is 0. The second-order valence-electron chi connectivity index (χ2n) is 6.24. The summed E-state index contributed by atoms with van der Waals surface area (Å²) in [6, 6.07) is 0. The first-order chi connectivity index (χ1) is 7.34. The van der Waals surface area contributed by atoms with Gasteiger partial charge in [-0.2, -0.15) is 0 Å². The Morgan fingerprint density at radius 1 is 0.875 bits per heavy atom. The molecule has 0 aliphatic heterocycles. The molecule has 0 aromatic heterocycles. The van der Waals surface area contributed by atoms with Crippen molar-refractivity contribution in [3.8, 4) is 0 Å². The molecule has 0 aliphatic rings. The highest BCUT2D eigenvalue weighted by Gasteiger charge is 2.37. The van der Waals surface area contributed by atoms with Gasteiger partial charge in [0.1, 0.15) is 0 Å². The summed E-state index contributed by atoms with van der Waals surface area (Å²) in [5.41, 5.74) is 0.502. The third-order valence-corrected chi connectivity index (χ3v) is 5.70. The highest BCUT2D eigenvalue weighted by Crippen LogP contribution is 2.45. The molecule has 0 aromatic carbocycles. The largest absolute Gasteiger partial charge is 0.0651 e. The summed E-state index contributed by atoms with van der Waals surface area (Å²) in [5.74, 6) is 3.36. The van der Waals surface area contributed by atoms with Crippen molar-refractivity contribution in [3.05, 3.63) is 0 Å². The average Bonchev–Trinajstić information content (AvgIpc) is 2.28. The molecule has 0 heteroatoms. The molecule has 0 nitrogen and oxygen atoms in total. The second-order valence-corrected chi connectivity index (χ2v) is 6.24. The first-order valence-electron chi connectivity index (χ1n) is 7.34. The van der Waals surface area contributed by atoms with Crippen LogP contribution in [-0.2, 0) is 0 Å². The normalized spacial score (nSPS) is 19.9. The van der Waals surface area contributed by atoms with Gasteiger partial charge in [-0.05, 0) is 29.1 Å². The van der Waals surface area contributed by atoms with Crippen LogP contribution in [0.15, 0.2) is 0 Å². The Morgan fingerprint density at radius 3 is 1.56 bits per heavy atom. The Kier molecular flexibility index (Phi) is 6.67. The van der Waals surface area contributed by atoms with Crippen molar-refractivity contribution in [2.45, 2.75) is 74.7 Å². The van der Waals surface area contributed by atoms with E-state index in [4.69, 9.17) is 0 Å². The SMILES string of the molecule is CCC(CC)C(C)C(C)C(C)(CC)C(C)C. The van der Waals surface area contributed by atoms with E-state index in [0.717, 1.165) is 23.7 Å². The highest BCUT2D eigenvalue weighted by atomic mass is 14.4. The lowest BCUT2D eigenvalue weighted by Gasteiger charge is -2.44. The van der Waals surface area contributed by atoms with Crippen LogP contribution in [0.25, 0.3) is 0 Å². The molecule has 0 heterocycles. The van der Waals surface area contributed by atoms with Crippen molar-refractivity contribution in [1.29, 1.82) is 0 Å². The highest BCUT2D eigenvalue weighted by molar-refractivity contribution is 4.86. The topological polar surface area (TPSA) is 0 Å². The molecule has 0 fully saturated rings. The van der Waals surface area contributed by atoms with E-state index >= 15 is 0 Å². The summed E-state index contributed by atoms with van der Waals surface area (Å²) in [7, 11) is 0. The van der Waals surface area contributed by atoms with Gasteiger partial charge in [0.15, 0.2) is 0 Å². The maximum Gasteiger partial charge on any atom is -0.0277 e. The van der Waals surface area contributed by atoms with E-state index in [0.29, 0.717) is 5.41 Å². The van der Waals surface area contributed by atoms with Crippen LogP contribution in [0.3, 0.4) is 0 Å². The van der Waals surface area contributed by atoms with Crippen LogP contribution in [0.4, 0.5) is 0 Å². The van der Waals surface area contributed by atoms with E-state index in [1.54, 1.807) is 0 Å². The molecule has 0 N–H and O–H groups in total. The summed E-state index contributed by atoms with van der Waals surface area (Å²) in [4.78, 5) is 0. The Balaban J connectivity index is 4.80. The molecule has 0 spiro atoms. The molecular formula is C16H34. The van der Waals surface area contributed by atoms with Gasteiger partial charge in [-0.1, -0.05) is 74.7 Å². The van der Waals surface area contributed by atoms with Gasteiger partial charge in [-0.3, -0.25) is 0 Å². The van der Waals surface area contributed by atoms with Gasteiger partial charge in [-0.25, -0.2) is 0 Å². The van der Waals surface area contributed by atoms with E-state index in [1.165, 1.54) is 19.3 Å². The maximum atomic E-state index is 2.49. The molecular weight excluding hydrogens is 192 g/mol. The van der Waals surface area contributed by atoms with Gasteiger partial charge >= 0.3 is 0 Å². The zero-order chi connectivity index (χ0) is 12.9. The second kappa shape index (κ2) is 6.67. The van der Waals surface area contributed by atoms with E-state index in [-0.39, 0.29) is 0 Å². The molecule has 0 saturated carbocycles. The minimum Gasteiger partial charge on any atom is -0.0651 e. The van der Waals surface area contributed by atoms with Crippen LogP contribution in [0.2, 0.25) is 0 Å². The van der Waals surface area contributed by atoms with E-state index < -0.39 is 0 Å². The summed E-state index contributed by atoms with van der Waals surface area (Å²) in [6.07, 6.45) is 3.97. The van der Waals surface area contributed by atoms with Crippen molar-refractivity contribution < 1.29 is 0 Å². The lowest BCUT2D eigenvalue weighted by Crippen LogP contribution is -2.36. The Hall–Kier alpha value is 0. The van der Waals surface area contributed by atoms with Crippen molar-refractivity contribution >= 4 is 0 Å². The molecule has 98 valence electrons. The summed E-state index contributed by atoms with van der Waals surface area (Å²) in [6.45, 7) is 19.3. The van der Waals surface area contributed by atoms with Gasteiger partial charge in [0.25, 0.3) is 0 Å². The molecule has 0 radical (unpaired) electrons. The van der Waals surface area contributed by atoms with Crippen LogP contribution in [-0.4, -0.2) is 0 Å². The van der Waals surface area contributed by atoms with E-state index in [1.807, 2.05) is 0 Å². The molecule has 0 rings (SSSR count). The summed E-state index contributed by atoms with van der Waals surface area (Å²) in [5, 5.41) is 0. The van der Waals surface area contributed by atoms with Crippen molar-refractivity contribution in [1.82, 2.24) is 0 Å². The van der Waals surface area contributed by atoms with Crippen LogP contribution < -0.4 is 0 Å². The minimum absolute atomic E-state index is 0.502. The smallest absolute Gasteiger partial charge is 0.0277 e. The molecule has 0 aliphatic carbocycles. The van der Waals surface area contributed by atoms with Crippen LogP contribution in [0.1, 0.15) is 74.7 Å². The first-order valence-corrected chi connectivity index (χ1v) is 7.34. The fourth-order valence-corrected chi connectivity index (χ4v) is 3.30. The Bertz CT molecular complexity index is 178. The average molecular weight is 226 g/mol. The standard InChI is InChI=1S/C16H34/c1-9-15(10-2)13(6)14(7)16(8,11-3)12(4)5/h12-15H,9-11H2,1-8H3. The number of hydrogen-bond acceptors (Lipinski definition) is 0. The molecule has 0 bridgehead atoms. The van der Waals surface area contributed by atoms with E-state index in [9.17, 15) is 0 Å². The molecule has 16 heavy (non-hydrogen) atoms. The van der Waals surface area contributed by atoms with Gasteiger partial charge < -0.3 is 0 Å². The van der Waals surface area contributed by atoms with Crippen LogP contribution >= 0.6 is 0 Å². The predicted molar refractivity (Wildman–Crippen MR) is 75.6 cm³/mol. The zero-order valence-corrected chi connectivity index (χ0v) is 12.9. The van der Waals surface area contributed by atoms with Crippen molar-refractivity contribution in [2.24, 2.45) is 29.1 Å². The predicted octanol–water partition coefficient (Wildman–Crippen LogP) is 5.77. The van der Waals surface area contributed by atoms with Crippen molar-refractivity contribution in [3.63, 3.8) is 0 Å². The maximum absolute atomic E-state index is 2.49.